The van der Waals surface area contributed by atoms with Crippen molar-refractivity contribution in [3.63, 3.8) is 0 Å². The number of hydrogen-bond donors (Lipinski definition) is 4. The Labute approximate surface area is 184 Å². The summed E-state index contributed by atoms with van der Waals surface area (Å²) >= 11 is 1.50. The van der Waals surface area contributed by atoms with E-state index < -0.39 is 11.9 Å². The van der Waals surface area contributed by atoms with Crippen molar-refractivity contribution in [3.8, 4) is 0 Å². The van der Waals surface area contributed by atoms with Crippen LogP contribution in [0.25, 0.3) is 5.70 Å². The molecule has 0 aliphatic carbocycles. The van der Waals surface area contributed by atoms with Gasteiger partial charge in [0.15, 0.2) is 0 Å². The van der Waals surface area contributed by atoms with Crippen LogP contribution in [0, 0.1) is 0 Å². The first kappa shape index (κ1) is 24.0. The van der Waals surface area contributed by atoms with E-state index in [0.29, 0.717) is 17.3 Å². The van der Waals surface area contributed by atoms with Gasteiger partial charge < -0.3 is 21.3 Å². The number of carbonyl (C=O) groups is 2. The summed E-state index contributed by atoms with van der Waals surface area (Å²) in [6.07, 6.45) is 7.97. The van der Waals surface area contributed by atoms with Gasteiger partial charge in [0.05, 0.1) is 6.67 Å². The summed E-state index contributed by atoms with van der Waals surface area (Å²) < 4.78 is 0. The van der Waals surface area contributed by atoms with Crippen LogP contribution in [0.3, 0.4) is 0 Å². The summed E-state index contributed by atoms with van der Waals surface area (Å²) in [4.78, 5) is 21.5. The highest BCUT2D eigenvalue weighted by Gasteiger charge is 2.11. The molecule has 0 unspecified atom stereocenters. The van der Waals surface area contributed by atoms with E-state index in [0.717, 1.165) is 37.6 Å². The van der Waals surface area contributed by atoms with Crippen molar-refractivity contribution in [2.45, 2.75) is 25.7 Å². The lowest BCUT2D eigenvalue weighted by molar-refractivity contribution is -0.134. The van der Waals surface area contributed by atoms with E-state index in [2.05, 4.69) is 56.8 Å². The molecule has 0 fully saturated rings. The number of unbranched alkanes of at least 4 members (excludes halogenated alkanes) is 2. The number of aliphatic carboxylic acids is 2. The molecule has 1 aromatic carbocycles. The number of nitrogens with zero attached hydrogens (tertiary/aromatic N) is 3. The Morgan fingerprint density at radius 3 is 2.35 bits per heavy atom. The summed E-state index contributed by atoms with van der Waals surface area (Å²) in [5, 5.41) is 28.7. The molecule has 9 nitrogen and oxygen atoms in total. The van der Waals surface area contributed by atoms with Crippen LogP contribution >= 0.6 is 11.3 Å². The second kappa shape index (κ2) is 13.1. The predicted octanol–water partition coefficient (Wildman–Crippen LogP) is 2.45. The second-order valence-corrected chi connectivity index (χ2v) is 7.84. The van der Waals surface area contributed by atoms with Crippen molar-refractivity contribution >= 4 is 34.1 Å². The number of nitrogens with one attached hydrogen (secondary N) is 1. The van der Waals surface area contributed by atoms with E-state index in [1.165, 1.54) is 35.4 Å². The van der Waals surface area contributed by atoms with Gasteiger partial charge in [-0.05, 0) is 24.5 Å². The lowest BCUT2D eigenvalue weighted by Gasteiger charge is -2.27. The van der Waals surface area contributed by atoms with Crippen molar-refractivity contribution in [2.75, 3.05) is 25.5 Å². The number of carboxylic acids is 2. The van der Waals surface area contributed by atoms with Gasteiger partial charge in [0.2, 0.25) is 5.13 Å². The topological polar surface area (TPSA) is 142 Å². The van der Waals surface area contributed by atoms with Gasteiger partial charge in [0.1, 0.15) is 5.01 Å². The number of benzene rings is 1. The summed E-state index contributed by atoms with van der Waals surface area (Å²) in [6, 6.07) is 10.5. The Balaban J connectivity index is 0.000000366. The van der Waals surface area contributed by atoms with Gasteiger partial charge in [-0.1, -0.05) is 48.1 Å². The predicted molar refractivity (Wildman–Crippen MR) is 120 cm³/mol. The second-order valence-electron chi connectivity index (χ2n) is 6.75. The fraction of sp³-hybridized carbons (Fsp3) is 0.333. The molecule has 0 saturated carbocycles. The van der Waals surface area contributed by atoms with E-state index >= 15 is 0 Å². The molecule has 0 saturated heterocycles. The third-order valence-electron chi connectivity index (χ3n) is 4.35. The molecule has 5 N–H and O–H groups in total. The van der Waals surface area contributed by atoms with Gasteiger partial charge in [0, 0.05) is 37.4 Å². The van der Waals surface area contributed by atoms with Gasteiger partial charge >= 0.3 is 11.9 Å². The first-order valence-corrected chi connectivity index (χ1v) is 10.7. The van der Waals surface area contributed by atoms with Crippen molar-refractivity contribution in [2.24, 2.45) is 0 Å². The maximum Gasteiger partial charge on any atom is 0.328 e. The smallest absolute Gasteiger partial charge is 0.328 e. The highest BCUT2D eigenvalue weighted by Crippen LogP contribution is 2.16. The number of rotatable bonds is 9. The Kier molecular flexibility index (Phi) is 10.2. The van der Waals surface area contributed by atoms with Gasteiger partial charge in [-0.15, -0.1) is 10.2 Å². The third kappa shape index (κ3) is 9.87. The summed E-state index contributed by atoms with van der Waals surface area (Å²) in [6.45, 7) is 3.07. The number of aryl methyl sites for hydroxylation is 1. The fourth-order valence-electron chi connectivity index (χ4n) is 2.86. The Bertz CT molecular complexity index is 882. The van der Waals surface area contributed by atoms with Crippen LogP contribution in [-0.4, -0.2) is 57.0 Å². The first-order chi connectivity index (χ1) is 14.9. The van der Waals surface area contributed by atoms with Crippen LogP contribution < -0.4 is 11.1 Å². The minimum absolute atomic E-state index is 0.558. The van der Waals surface area contributed by atoms with Crippen LogP contribution in [-0.2, 0) is 16.0 Å². The average Bonchev–Trinajstić information content (AvgIpc) is 3.18. The minimum atomic E-state index is -1.26. The third-order valence-corrected chi connectivity index (χ3v) is 5.16. The normalized spacial score (nSPS) is 13.7. The number of carboxylic acid groups (broad SMARTS) is 2. The van der Waals surface area contributed by atoms with Crippen molar-refractivity contribution in [3.05, 3.63) is 59.1 Å². The molecule has 31 heavy (non-hydrogen) atoms. The molecule has 2 heterocycles. The summed E-state index contributed by atoms with van der Waals surface area (Å²) in [5.74, 6) is -2.51. The molecule has 0 atom stereocenters. The first-order valence-electron chi connectivity index (χ1n) is 9.87. The van der Waals surface area contributed by atoms with Crippen molar-refractivity contribution in [1.29, 1.82) is 0 Å². The molecule has 3 rings (SSSR count). The van der Waals surface area contributed by atoms with Gasteiger partial charge in [-0.2, -0.15) is 0 Å². The lowest BCUT2D eigenvalue weighted by atomic mass is 10.1. The van der Waals surface area contributed by atoms with E-state index in [-0.39, 0.29) is 0 Å². The SMILES string of the molecule is Nc1nnc(CCCCCN2CC=C(c3ccccc3)NC2)s1.O=C(O)C=CC(=O)O. The van der Waals surface area contributed by atoms with Crippen LogP contribution in [0.15, 0.2) is 48.6 Å². The molecule has 0 bridgehead atoms. The van der Waals surface area contributed by atoms with E-state index in [9.17, 15) is 9.59 Å². The maximum atomic E-state index is 9.55. The summed E-state index contributed by atoms with van der Waals surface area (Å²) in [7, 11) is 0. The van der Waals surface area contributed by atoms with Crippen LogP contribution in [0.1, 0.15) is 29.8 Å². The zero-order valence-corrected chi connectivity index (χ0v) is 17.9. The molecule has 1 aromatic heterocycles. The molecule has 1 aliphatic heterocycles. The van der Waals surface area contributed by atoms with E-state index in [1.54, 1.807) is 0 Å². The summed E-state index contributed by atoms with van der Waals surface area (Å²) in [5.41, 5.74) is 8.10. The van der Waals surface area contributed by atoms with Crippen LogP contribution in [0.2, 0.25) is 0 Å². The fourth-order valence-corrected chi connectivity index (χ4v) is 3.51. The lowest BCUT2D eigenvalue weighted by Crippen LogP contribution is -2.38. The van der Waals surface area contributed by atoms with Gasteiger partial charge in [-0.3, -0.25) is 4.90 Å². The number of nitrogen functional groups attached to an aromatic ring is 1. The standard InChI is InChI=1S/C17H23N5S.C4H4O4/c18-17-21-20-16(23-17)9-5-2-6-11-22-12-10-15(19-13-22)14-7-3-1-4-8-14;5-3(6)1-2-4(7)8/h1,3-4,7-8,10,19H,2,5-6,9,11-13H2,(H2,18,21);1-2H,(H,5,6)(H,7,8). The van der Waals surface area contributed by atoms with Crippen LogP contribution in [0.5, 0.6) is 0 Å². The molecular weight excluding hydrogens is 418 g/mol. The van der Waals surface area contributed by atoms with Crippen molar-refractivity contribution in [1.82, 2.24) is 20.4 Å². The number of hydrogen-bond acceptors (Lipinski definition) is 8. The average molecular weight is 446 g/mol. The maximum absolute atomic E-state index is 9.55. The highest BCUT2D eigenvalue weighted by molar-refractivity contribution is 7.15. The van der Waals surface area contributed by atoms with E-state index in [1.807, 2.05) is 0 Å². The minimum Gasteiger partial charge on any atom is -0.478 e. The molecule has 10 heteroatoms. The highest BCUT2D eigenvalue weighted by atomic mass is 32.1. The van der Waals surface area contributed by atoms with Gasteiger partial charge in [-0.25, -0.2) is 9.59 Å². The Morgan fingerprint density at radius 2 is 1.81 bits per heavy atom. The van der Waals surface area contributed by atoms with Crippen molar-refractivity contribution < 1.29 is 19.8 Å². The number of aromatic nitrogens is 2. The molecular formula is C21H27N5O4S. The zero-order valence-electron chi connectivity index (χ0n) is 17.1. The molecule has 2 aromatic rings. The molecule has 166 valence electrons. The Morgan fingerprint density at radius 1 is 1.10 bits per heavy atom. The van der Waals surface area contributed by atoms with Gasteiger partial charge in [0.25, 0.3) is 0 Å². The quantitative estimate of drug-likeness (QED) is 0.338. The zero-order chi connectivity index (χ0) is 22.5. The monoisotopic (exact) mass is 445 g/mol. The largest absolute Gasteiger partial charge is 0.478 e. The van der Waals surface area contributed by atoms with Crippen LogP contribution in [0.4, 0.5) is 5.13 Å². The molecule has 0 spiro atoms. The Hall–Kier alpha value is -3.24. The van der Waals surface area contributed by atoms with E-state index in [4.69, 9.17) is 15.9 Å². The number of anilines is 1. The molecule has 0 radical (unpaired) electrons. The molecule has 1 aliphatic rings. The molecule has 0 amide bonds. The number of nitrogens with two attached hydrogens (primary N) is 1.